The highest BCUT2D eigenvalue weighted by molar-refractivity contribution is 5.04. The summed E-state index contributed by atoms with van der Waals surface area (Å²) in [6, 6.07) is -2.27. The highest BCUT2D eigenvalue weighted by Gasteiger charge is 2.49. The summed E-state index contributed by atoms with van der Waals surface area (Å²) in [7, 11) is 1.58. The lowest BCUT2D eigenvalue weighted by Crippen LogP contribution is -2.71. The first-order chi connectivity index (χ1) is 10.8. The van der Waals surface area contributed by atoms with E-state index in [1.54, 1.807) is 7.05 Å². The average molecular weight is 334 g/mol. The summed E-state index contributed by atoms with van der Waals surface area (Å²) in [5, 5.41) is 33.3. The zero-order valence-corrected chi connectivity index (χ0v) is 13.6. The Morgan fingerprint density at radius 3 is 2.35 bits per heavy atom. The number of hydrogen-bond acceptors (Lipinski definition) is 9. The van der Waals surface area contributed by atoms with Crippen LogP contribution in [-0.4, -0.2) is 83.3 Å². The van der Waals surface area contributed by atoms with Gasteiger partial charge in [0.15, 0.2) is 6.29 Å². The fraction of sp³-hybridized carbons (Fsp3) is 1.00. The van der Waals surface area contributed by atoms with Crippen molar-refractivity contribution in [2.45, 2.75) is 80.7 Å². The molecule has 23 heavy (non-hydrogen) atoms. The number of rotatable bonds is 4. The van der Waals surface area contributed by atoms with Crippen LogP contribution >= 0.6 is 0 Å². The van der Waals surface area contributed by atoms with E-state index in [0.717, 1.165) is 6.42 Å². The predicted octanol–water partition coefficient (Wildman–Crippen LogP) is -3.44. The van der Waals surface area contributed by atoms with E-state index in [4.69, 9.17) is 26.7 Å². The molecule has 0 radical (unpaired) electrons. The van der Waals surface area contributed by atoms with Gasteiger partial charge in [-0.3, -0.25) is 0 Å². The van der Waals surface area contributed by atoms with Crippen LogP contribution in [0.2, 0.25) is 0 Å². The Bertz CT molecular complexity index is 388. The second-order valence-electron chi connectivity index (χ2n) is 6.61. The van der Waals surface area contributed by atoms with Gasteiger partial charge in [-0.15, -0.1) is 0 Å². The molecule has 2 fully saturated rings. The van der Waals surface area contributed by atoms with Crippen LogP contribution in [0.3, 0.4) is 0 Å². The molecule has 10 atom stereocenters. The summed E-state index contributed by atoms with van der Waals surface area (Å²) in [5.41, 5.74) is 17.8. The fourth-order valence-electron chi connectivity index (χ4n) is 3.29. The van der Waals surface area contributed by atoms with E-state index in [1.807, 2.05) is 6.92 Å². The van der Waals surface area contributed by atoms with E-state index in [-0.39, 0.29) is 18.2 Å². The molecule has 0 amide bonds. The maximum absolute atomic E-state index is 10.4. The molecule has 136 valence electrons. The standard InChI is InChI=1S/C14H30N4O5/c1-5(15)7-4-3-6(16)14(22-7)23-13-8(17)10(19)11(20)9(18-2)12(13)21/h5-14,18-21H,3-4,15-17H2,1-2H3/t5-,6-,7+,8-,9+,10+,11+,12-,13-,14+/m0/s1. The van der Waals surface area contributed by atoms with Gasteiger partial charge >= 0.3 is 0 Å². The van der Waals surface area contributed by atoms with E-state index >= 15 is 0 Å². The Balaban J connectivity index is 2.09. The number of nitrogens with two attached hydrogens (primary N) is 3. The van der Waals surface area contributed by atoms with Gasteiger partial charge in [-0.05, 0) is 26.8 Å². The maximum Gasteiger partial charge on any atom is 0.173 e. The van der Waals surface area contributed by atoms with Gasteiger partial charge in [0.2, 0.25) is 0 Å². The number of hydrogen-bond donors (Lipinski definition) is 7. The molecule has 1 aliphatic carbocycles. The van der Waals surface area contributed by atoms with E-state index in [0.29, 0.717) is 6.42 Å². The van der Waals surface area contributed by atoms with E-state index in [9.17, 15) is 15.3 Å². The Hall–Kier alpha value is -0.360. The van der Waals surface area contributed by atoms with Crippen molar-refractivity contribution in [3.63, 3.8) is 0 Å². The van der Waals surface area contributed by atoms with Crippen molar-refractivity contribution in [2.75, 3.05) is 7.05 Å². The third-order valence-electron chi connectivity index (χ3n) is 4.85. The summed E-state index contributed by atoms with van der Waals surface area (Å²) in [6.45, 7) is 1.84. The van der Waals surface area contributed by atoms with Crippen LogP contribution in [-0.2, 0) is 9.47 Å². The van der Waals surface area contributed by atoms with E-state index in [2.05, 4.69) is 5.32 Å². The molecule has 1 aliphatic heterocycles. The first kappa shape index (κ1) is 19.0. The molecule has 2 aliphatic rings. The molecule has 0 unspecified atom stereocenters. The Labute approximate surface area is 136 Å². The van der Waals surface area contributed by atoms with Crippen LogP contribution in [0.5, 0.6) is 0 Å². The van der Waals surface area contributed by atoms with Crippen LogP contribution in [0.15, 0.2) is 0 Å². The van der Waals surface area contributed by atoms with Gasteiger partial charge in [-0.1, -0.05) is 0 Å². The van der Waals surface area contributed by atoms with Crippen LogP contribution in [0, 0.1) is 0 Å². The van der Waals surface area contributed by atoms with Gasteiger partial charge in [0.05, 0.1) is 42.5 Å². The second-order valence-corrected chi connectivity index (χ2v) is 6.61. The number of aliphatic hydroxyl groups excluding tert-OH is 3. The largest absolute Gasteiger partial charge is 0.389 e. The molecule has 0 bridgehead atoms. The summed E-state index contributed by atoms with van der Waals surface area (Å²) in [5.74, 6) is 0. The SMILES string of the molecule is CN[C@@H]1[C@@H](O)[C@H](O)[C@H](N)[C@H](O[C@H]2O[C@@H]([C@H](C)N)CC[C@@H]2N)[C@H]1O. The zero-order valence-electron chi connectivity index (χ0n) is 13.6. The average Bonchev–Trinajstić information content (AvgIpc) is 2.51. The van der Waals surface area contributed by atoms with Crippen LogP contribution in [0.4, 0.5) is 0 Å². The van der Waals surface area contributed by atoms with Gasteiger partial charge in [-0.25, -0.2) is 0 Å². The number of likely N-dealkylation sites (N-methyl/N-ethyl adjacent to an activating group) is 1. The summed E-state index contributed by atoms with van der Waals surface area (Å²) in [6.07, 6.45) is -4.01. The summed E-state index contributed by atoms with van der Waals surface area (Å²) in [4.78, 5) is 0. The van der Waals surface area contributed by atoms with Crippen molar-refractivity contribution in [3.8, 4) is 0 Å². The van der Waals surface area contributed by atoms with Crippen LogP contribution < -0.4 is 22.5 Å². The van der Waals surface area contributed by atoms with Gasteiger partial charge in [-0.2, -0.15) is 0 Å². The van der Waals surface area contributed by atoms with Gasteiger partial charge in [0.25, 0.3) is 0 Å². The molecule has 0 aromatic heterocycles. The smallest absolute Gasteiger partial charge is 0.173 e. The fourth-order valence-corrected chi connectivity index (χ4v) is 3.29. The molecule has 1 saturated carbocycles. The second kappa shape index (κ2) is 7.68. The quantitative estimate of drug-likeness (QED) is 0.276. The van der Waals surface area contributed by atoms with Crippen molar-refractivity contribution >= 4 is 0 Å². The lowest BCUT2D eigenvalue weighted by atomic mass is 9.82. The minimum Gasteiger partial charge on any atom is -0.389 e. The molecule has 0 aromatic carbocycles. The highest BCUT2D eigenvalue weighted by Crippen LogP contribution is 2.27. The Morgan fingerprint density at radius 2 is 1.78 bits per heavy atom. The molecule has 0 spiro atoms. The van der Waals surface area contributed by atoms with Gasteiger partial charge in [0.1, 0.15) is 6.10 Å². The monoisotopic (exact) mass is 334 g/mol. The highest BCUT2D eigenvalue weighted by atomic mass is 16.7. The number of ether oxygens (including phenoxy) is 2. The van der Waals surface area contributed by atoms with Crippen molar-refractivity contribution in [1.29, 1.82) is 0 Å². The molecular weight excluding hydrogens is 304 g/mol. The normalized spacial score (nSPS) is 49.8. The topological polar surface area (TPSA) is 169 Å². The van der Waals surface area contributed by atoms with Crippen molar-refractivity contribution in [2.24, 2.45) is 17.2 Å². The predicted molar refractivity (Wildman–Crippen MR) is 83.2 cm³/mol. The van der Waals surface area contributed by atoms with Gasteiger partial charge in [0, 0.05) is 6.04 Å². The molecule has 2 rings (SSSR count). The summed E-state index contributed by atoms with van der Waals surface area (Å²) >= 11 is 0. The molecule has 1 heterocycles. The maximum atomic E-state index is 10.4. The molecular formula is C14H30N4O5. The third-order valence-corrected chi connectivity index (χ3v) is 4.85. The lowest BCUT2D eigenvalue weighted by Gasteiger charge is -2.47. The van der Waals surface area contributed by atoms with Crippen molar-refractivity contribution in [1.82, 2.24) is 5.32 Å². The lowest BCUT2D eigenvalue weighted by molar-refractivity contribution is -0.261. The molecule has 9 heteroatoms. The Morgan fingerprint density at radius 1 is 1.13 bits per heavy atom. The third kappa shape index (κ3) is 3.84. The first-order valence-electron chi connectivity index (χ1n) is 8.07. The molecule has 0 aromatic rings. The van der Waals surface area contributed by atoms with E-state index < -0.39 is 42.8 Å². The zero-order chi connectivity index (χ0) is 17.3. The number of nitrogens with one attached hydrogen (secondary N) is 1. The molecule has 9 nitrogen and oxygen atoms in total. The first-order valence-corrected chi connectivity index (χ1v) is 8.07. The summed E-state index contributed by atoms with van der Waals surface area (Å²) < 4.78 is 11.6. The van der Waals surface area contributed by atoms with Crippen LogP contribution in [0.25, 0.3) is 0 Å². The minimum atomic E-state index is -1.23. The van der Waals surface area contributed by atoms with Crippen molar-refractivity contribution in [3.05, 3.63) is 0 Å². The van der Waals surface area contributed by atoms with Crippen LogP contribution in [0.1, 0.15) is 19.8 Å². The van der Waals surface area contributed by atoms with E-state index in [1.165, 1.54) is 0 Å². The van der Waals surface area contributed by atoms with Gasteiger partial charge < -0.3 is 47.3 Å². The molecule has 10 N–H and O–H groups in total. The Kier molecular flexibility index (Phi) is 6.34. The van der Waals surface area contributed by atoms with Crippen molar-refractivity contribution < 1.29 is 24.8 Å². The molecule has 1 saturated heterocycles. The number of aliphatic hydroxyl groups is 3. The minimum absolute atomic E-state index is 0.170.